The van der Waals surface area contributed by atoms with Crippen molar-refractivity contribution < 1.29 is 0 Å². The number of aromatic nitrogens is 6. The van der Waals surface area contributed by atoms with Gasteiger partial charge in [0, 0.05) is 30.9 Å². The van der Waals surface area contributed by atoms with E-state index in [2.05, 4.69) is 49.2 Å². The molecule has 2 N–H and O–H groups in total. The van der Waals surface area contributed by atoms with Crippen LogP contribution in [-0.2, 0) is 0 Å². The number of pyridine rings is 1. The molecular weight excluding hydrogens is 304 g/mol. The molecule has 0 amide bonds. The molecule has 1 aliphatic heterocycles. The summed E-state index contributed by atoms with van der Waals surface area (Å²) >= 11 is 0. The van der Waals surface area contributed by atoms with Crippen LogP contribution in [0, 0.1) is 0 Å². The van der Waals surface area contributed by atoms with Gasteiger partial charge in [-0.1, -0.05) is 0 Å². The molecule has 8 heteroatoms. The lowest BCUT2D eigenvalue weighted by Gasteiger charge is -2.33. The molecule has 1 aliphatic rings. The maximum absolute atomic E-state index is 4.80. The molecule has 3 aromatic rings. The molecule has 4 rings (SSSR count). The van der Waals surface area contributed by atoms with Crippen molar-refractivity contribution in [2.75, 3.05) is 23.3 Å². The summed E-state index contributed by atoms with van der Waals surface area (Å²) in [5, 5.41) is 10.0. The van der Waals surface area contributed by atoms with E-state index in [1.54, 1.807) is 12.4 Å². The van der Waals surface area contributed by atoms with Crippen LogP contribution in [0.2, 0.25) is 0 Å². The van der Waals surface area contributed by atoms with Gasteiger partial charge in [0.25, 0.3) is 0 Å². The summed E-state index contributed by atoms with van der Waals surface area (Å²) in [6.07, 6.45) is 5.09. The smallest absolute Gasteiger partial charge is 0.199 e. The Kier molecular flexibility index (Phi) is 3.56. The second kappa shape index (κ2) is 5.88. The van der Waals surface area contributed by atoms with Crippen molar-refractivity contribution in [2.45, 2.75) is 19.9 Å². The monoisotopic (exact) mass is 322 g/mol. The first kappa shape index (κ1) is 14.6. The maximum Gasteiger partial charge on any atom is 0.199 e. The lowest BCUT2D eigenvalue weighted by molar-refractivity contribution is 0.667. The average molecular weight is 322 g/mol. The van der Waals surface area contributed by atoms with Crippen LogP contribution in [-0.4, -0.2) is 49.3 Å². The SMILES string of the molecule is CC(C)N1CCNc2ncc(-c3ccc(-c4nc[nH]n4)nc3)nc21. The van der Waals surface area contributed by atoms with Gasteiger partial charge in [-0.2, -0.15) is 5.10 Å². The summed E-state index contributed by atoms with van der Waals surface area (Å²) in [4.78, 5) is 20.1. The Balaban J connectivity index is 1.68. The molecule has 0 radical (unpaired) electrons. The first-order valence-electron chi connectivity index (χ1n) is 7.92. The van der Waals surface area contributed by atoms with Crippen LogP contribution >= 0.6 is 0 Å². The van der Waals surface area contributed by atoms with E-state index in [4.69, 9.17) is 4.98 Å². The summed E-state index contributed by atoms with van der Waals surface area (Å²) in [6.45, 7) is 6.13. The van der Waals surface area contributed by atoms with E-state index >= 15 is 0 Å². The predicted molar refractivity (Wildman–Crippen MR) is 91.6 cm³/mol. The fourth-order valence-electron chi connectivity index (χ4n) is 2.76. The van der Waals surface area contributed by atoms with Crippen molar-refractivity contribution in [1.29, 1.82) is 0 Å². The van der Waals surface area contributed by atoms with Gasteiger partial charge < -0.3 is 10.2 Å². The van der Waals surface area contributed by atoms with Gasteiger partial charge in [-0.05, 0) is 26.0 Å². The van der Waals surface area contributed by atoms with E-state index in [1.807, 2.05) is 12.1 Å². The molecule has 122 valence electrons. The van der Waals surface area contributed by atoms with E-state index in [0.29, 0.717) is 11.9 Å². The minimum Gasteiger partial charge on any atom is -0.365 e. The molecule has 4 heterocycles. The number of H-pyrrole nitrogens is 1. The highest BCUT2D eigenvalue weighted by Crippen LogP contribution is 2.29. The number of aromatic amines is 1. The van der Waals surface area contributed by atoms with Crippen LogP contribution in [0.25, 0.3) is 22.8 Å². The molecule has 0 saturated carbocycles. The largest absolute Gasteiger partial charge is 0.365 e. The summed E-state index contributed by atoms with van der Waals surface area (Å²) in [5.74, 6) is 2.31. The minimum absolute atomic E-state index is 0.377. The number of hydrogen-bond acceptors (Lipinski definition) is 7. The van der Waals surface area contributed by atoms with Gasteiger partial charge in [-0.25, -0.2) is 15.0 Å². The fourth-order valence-corrected chi connectivity index (χ4v) is 2.76. The lowest BCUT2D eigenvalue weighted by Crippen LogP contribution is -2.40. The molecular formula is C16H18N8. The first-order valence-corrected chi connectivity index (χ1v) is 7.92. The van der Waals surface area contributed by atoms with Crippen molar-refractivity contribution in [1.82, 2.24) is 30.1 Å². The maximum atomic E-state index is 4.80. The van der Waals surface area contributed by atoms with Crippen LogP contribution < -0.4 is 10.2 Å². The van der Waals surface area contributed by atoms with Crippen LogP contribution in [0.15, 0.2) is 30.9 Å². The molecule has 24 heavy (non-hydrogen) atoms. The summed E-state index contributed by atoms with van der Waals surface area (Å²) in [7, 11) is 0. The summed E-state index contributed by atoms with van der Waals surface area (Å²) in [6, 6.07) is 4.23. The van der Waals surface area contributed by atoms with Crippen LogP contribution in [0.1, 0.15) is 13.8 Å². The molecule has 0 bridgehead atoms. The Morgan fingerprint density at radius 1 is 1.08 bits per heavy atom. The summed E-state index contributed by atoms with van der Waals surface area (Å²) < 4.78 is 0. The van der Waals surface area contributed by atoms with Gasteiger partial charge in [-0.3, -0.25) is 10.1 Å². The van der Waals surface area contributed by atoms with E-state index in [0.717, 1.165) is 41.7 Å². The van der Waals surface area contributed by atoms with Crippen LogP contribution in [0.4, 0.5) is 11.6 Å². The van der Waals surface area contributed by atoms with E-state index in [9.17, 15) is 0 Å². The number of rotatable bonds is 3. The number of hydrogen-bond donors (Lipinski definition) is 2. The van der Waals surface area contributed by atoms with Gasteiger partial charge in [0.2, 0.25) is 0 Å². The third kappa shape index (κ3) is 2.55. The molecule has 3 aromatic heterocycles. The number of fused-ring (bicyclic) bond motifs is 1. The molecule has 0 unspecified atom stereocenters. The standard InChI is InChI=1S/C16H18N8/c1-10(2)24-6-5-17-15-16(24)22-13(8-19-15)11-3-4-12(18-7-11)14-20-9-21-23-14/h3-4,7-10H,5-6H2,1-2H3,(H,17,19)(H,20,21,23). The van der Waals surface area contributed by atoms with Gasteiger partial charge in [0.05, 0.1) is 11.9 Å². The first-order chi connectivity index (χ1) is 11.7. The van der Waals surface area contributed by atoms with E-state index < -0.39 is 0 Å². The van der Waals surface area contributed by atoms with Crippen molar-refractivity contribution >= 4 is 11.6 Å². The predicted octanol–water partition coefficient (Wildman–Crippen LogP) is 1.96. The highest BCUT2D eigenvalue weighted by molar-refractivity contribution is 5.69. The number of nitrogens with zero attached hydrogens (tertiary/aromatic N) is 6. The van der Waals surface area contributed by atoms with Crippen molar-refractivity contribution in [2.24, 2.45) is 0 Å². The Morgan fingerprint density at radius 2 is 2.00 bits per heavy atom. The van der Waals surface area contributed by atoms with Crippen molar-refractivity contribution in [3.63, 3.8) is 0 Å². The van der Waals surface area contributed by atoms with Gasteiger partial charge in [-0.15, -0.1) is 0 Å². The second-order valence-electron chi connectivity index (χ2n) is 5.90. The zero-order valence-electron chi connectivity index (χ0n) is 13.6. The third-order valence-corrected chi connectivity index (χ3v) is 4.00. The summed E-state index contributed by atoms with van der Waals surface area (Å²) in [5.41, 5.74) is 2.44. The van der Waals surface area contributed by atoms with Gasteiger partial charge >= 0.3 is 0 Å². The molecule has 0 saturated heterocycles. The van der Waals surface area contributed by atoms with E-state index in [1.165, 1.54) is 6.33 Å². The molecule has 0 spiro atoms. The Labute approximate surface area is 139 Å². The van der Waals surface area contributed by atoms with Crippen LogP contribution in [0.3, 0.4) is 0 Å². The lowest BCUT2D eigenvalue weighted by atomic mass is 10.2. The van der Waals surface area contributed by atoms with Crippen molar-refractivity contribution in [3.05, 3.63) is 30.9 Å². The zero-order valence-corrected chi connectivity index (χ0v) is 13.6. The third-order valence-electron chi connectivity index (χ3n) is 4.00. The molecule has 0 fully saturated rings. The molecule has 0 atom stereocenters. The average Bonchev–Trinajstić information content (AvgIpc) is 3.15. The molecule has 0 aliphatic carbocycles. The Bertz CT molecular complexity index is 826. The fraction of sp³-hybridized carbons (Fsp3) is 0.312. The normalized spacial score (nSPS) is 13.7. The molecule has 8 nitrogen and oxygen atoms in total. The van der Waals surface area contributed by atoms with Gasteiger partial charge in [0.15, 0.2) is 17.5 Å². The minimum atomic E-state index is 0.377. The van der Waals surface area contributed by atoms with Gasteiger partial charge in [0.1, 0.15) is 12.0 Å². The van der Waals surface area contributed by atoms with Crippen molar-refractivity contribution in [3.8, 4) is 22.8 Å². The zero-order chi connectivity index (χ0) is 16.5. The highest BCUT2D eigenvalue weighted by Gasteiger charge is 2.22. The molecule has 0 aromatic carbocycles. The Morgan fingerprint density at radius 3 is 2.71 bits per heavy atom. The Hall–Kier alpha value is -3.03. The van der Waals surface area contributed by atoms with E-state index in [-0.39, 0.29) is 0 Å². The second-order valence-corrected chi connectivity index (χ2v) is 5.90. The quantitative estimate of drug-likeness (QED) is 0.761. The number of anilines is 2. The van der Waals surface area contributed by atoms with Crippen LogP contribution in [0.5, 0.6) is 0 Å². The topological polar surface area (TPSA) is 95.5 Å². The highest BCUT2D eigenvalue weighted by atomic mass is 15.3. The number of nitrogens with one attached hydrogen (secondary N) is 2.